The fraction of sp³-hybridized carbons (Fsp3) is 0.867. The van der Waals surface area contributed by atoms with E-state index in [1.807, 2.05) is 4.68 Å². The van der Waals surface area contributed by atoms with Crippen molar-refractivity contribution in [1.29, 1.82) is 0 Å². The van der Waals surface area contributed by atoms with Gasteiger partial charge in [-0.15, -0.1) is 0 Å². The number of hydrogen-bond donors (Lipinski definition) is 1. The topological polar surface area (TPSA) is 46.0 Å². The van der Waals surface area contributed by atoms with E-state index < -0.39 is 0 Å². The molecule has 5 heteroatoms. The number of nitrogens with zero attached hydrogens (tertiary/aromatic N) is 4. The summed E-state index contributed by atoms with van der Waals surface area (Å²) in [5.41, 5.74) is 0. The van der Waals surface area contributed by atoms with Gasteiger partial charge in [-0.3, -0.25) is 4.90 Å². The minimum atomic E-state index is 0.734. The van der Waals surface area contributed by atoms with Gasteiger partial charge in [-0.2, -0.15) is 5.10 Å². The molecular formula is C15H29N5. The number of hydrogen-bond acceptors (Lipinski definition) is 4. The van der Waals surface area contributed by atoms with E-state index in [4.69, 9.17) is 0 Å². The largest absolute Gasteiger partial charge is 0.316 e. The summed E-state index contributed by atoms with van der Waals surface area (Å²) in [6.45, 7) is 13.1. The highest BCUT2D eigenvalue weighted by Gasteiger charge is 2.21. The number of aromatic nitrogens is 3. The van der Waals surface area contributed by atoms with Crippen molar-refractivity contribution >= 4 is 0 Å². The van der Waals surface area contributed by atoms with Gasteiger partial charge in [-0.25, -0.2) is 9.67 Å². The molecule has 0 aliphatic carbocycles. The third kappa shape index (κ3) is 4.56. The van der Waals surface area contributed by atoms with E-state index >= 15 is 0 Å². The number of rotatable bonds is 7. The van der Waals surface area contributed by atoms with E-state index in [0.717, 1.165) is 43.8 Å². The smallest absolute Gasteiger partial charge is 0.140 e. The standard InChI is InChI=1S/C15H29N5/c1-4-20-15(17-12-18-20)11-19-7-5-6-14(10-19)9-16-8-13(2)3/h12-14,16H,4-11H2,1-3H3. The molecule has 1 fully saturated rings. The second-order valence-electron chi connectivity index (χ2n) is 6.29. The van der Waals surface area contributed by atoms with E-state index in [-0.39, 0.29) is 0 Å². The average molecular weight is 279 g/mol. The lowest BCUT2D eigenvalue weighted by atomic mass is 9.98. The Hall–Kier alpha value is -0.940. The lowest BCUT2D eigenvalue weighted by Crippen LogP contribution is -2.40. The summed E-state index contributed by atoms with van der Waals surface area (Å²) in [5, 5.41) is 7.85. The van der Waals surface area contributed by atoms with Crippen molar-refractivity contribution in [2.75, 3.05) is 26.2 Å². The third-order valence-electron chi connectivity index (χ3n) is 3.95. The third-order valence-corrected chi connectivity index (χ3v) is 3.95. The molecule has 0 aromatic carbocycles. The molecule has 114 valence electrons. The lowest BCUT2D eigenvalue weighted by molar-refractivity contribution is 0.159. The summed E-state index contributed by atoms with van der Waals surface area (Å²) in [7, 11) is 0. The van der Waals surface area contributed by atoms with Crippen molar-refractivity contribution in [1.82, 2.24) is 25.0 Å². The summed E-state index contributed by atoms with van der Waals surface area (Å²) in [5.74, 6) is 2.61. The van der Waals surface area contributed by atoms with E-state index in [1.165, 1.54) is 25.9 Å². The Bertz CT molecular complexity index is 387. The first-order valence-corrected chi connectivity index (χ1v) is 7.98. The molecule has 1 aromatic heterocycles. The second-order valence-corrected chi connectivity index (χ2v) is 6.29. The second kappa shape index (κ2) is 7.74. The van der Waals surface area contributed by atoms with E-state index in [9.17, 15) is 0 Å². The summed E-state index contributed by atoms with van der Waals surface area (Å²) < 4.78 is 2.00. The first kappa shape index (κ1) is 15.4. The van der Waals surface area contributed by atoms with Crippen LogP contribution in [0.15, 0.2) is 6.33 Å². The molecule has 1 N–H and O–H groups in total. The number of nitrogens with one attached hydrogen (secondary N) is 1. The highest BCUT2D eigenvalue weighted by Crippen LogP contribution is 2.17. The Labute approximate surface area is 122 Å². The Morgan fingerprint density at radius 2 is 2.30 bits per heavy atom. The molecule has 0 amide bonds. The molecule has 0 spiro atoms. The Morgan fingerprint density at radius 1 is 1.45 bits per heavy atom. The highest BCUT2D eigenvalue weighted by molar-refractivity contribution is 4.86. The molecule has 1 unspecified atom stereocenters. The average Bonchev–Trinajstić information content (AvgIpc) is 2.86. The molecule has 1 aliphatic heterocycles. The molecule has 2 heterocycles. The summed E-state index contributed by atoms with van der Waals surface area (Å²) >= 11 is 0. The van der Waals surface area contributed by atoms with Gasteiger partial charge < -0.3 is 5.32 Å². The molecule has 1 atom stereocenters. The Kier molecular flexibility index (Phi) is 5.98. The van der Waals surface area contributed by atoms with Crippen LogP contribution in [-0.4, -0.2) is 45.8 Å². The van der Waals surface area contributed by atoms with Gasteiger partial charge in [0.05, 0.1) is 6.54 Å². The molecule has 0 radical (unpaired) electrons. The number of likely N-dealkylation sites (tertiary alicyclic amines) is 1. The van der Waals surface area contributed by atoms with Crippen LogP contribution in [-0.2, 0) is 13.1 Å². The van der Waals surface area contributed by atoms with Crippen LogP contribution < -0.4 is 5.32 Å². The van der Waals surface area contributed by atoms with Crippen LogP contribution in [0.4, 0.5) is 0 Å². The van der Waals surface area contributed by atoms with Gasteiger partial charge >= 0.3 is 0 Å². The number of aryl methyl sites for hydroxylation is 1. The molecule has 5 nitrogen and oxygen atoms in total. The molecule has 0 saturated carbocycles. The van der Waals surface area contributed by atoms with Crippen molar-refractivity contribution in [2.24, 2.45) is 11.8 Å². The van der Waals surface area contributed by atoms with Crippen LogP contribution in [0.1, 0.15) is 39.4 Å². The summed E-state index contributed by atoms with van der Waals surface area (Å²) in [4.78, 5) is 6.92. The highest BCUT2D eigenvalue weighted by atomic mass is 15.3. The quantitative estimate of drug-likeness (QED) is 0.826. The van der Waals surface area contributed by atoms with E-state index in [1.54, 1.807) is 6.33 Å². The molecular weight excluding hydrogens is 250 g/mol. The van der Waals surface area contributed by atoms with Gasteiger partial charge in [0.2, 0.25) is 0 Å². The fourth-order valence-electron chi connectivity index (χ4n) is 2.91. The molecule has 0 bridgehead atoms. The predicted octanol–water partition coefficient (Wildman–Crippen LogP) is 1.76. The van der Waals surface area contributed by atoms with Crippen molar-refractivity contribution in [2.45, 2.75) is 46.7 Å². The van der Waals surface area contributed by atoms with Crippen LogP contribution in [0.25, 0.3) is 0 Å². The summed E-state index contributed by atoms with van der Waals surface area (Å²) in [6, 6.07) is 0. The van der Waals surface area contributed by atoms with Crippen molar-refractivity contribution in [3.05, 3.63) is 12.2 Å². The normalized spacial score (nSPS) is 20.7. The maximum absolute atomic E-state index is 4.39. The maximum atomic E-state index is 4.39. The van der Waals surface area contributed by atoms with Gasteiger partial charge in [0.15, 0.2) is 0 Å². The van der Waals surface area contributed by atoms with Gasteiger partial charge in [0, 0.05) is 13.1 Å². The monoisotopic (exact) mass is 279 g/mol. The predicted molar refractivity (Wildman–Crippen MR) is 81.4 cm³/mol. The molecule has 20 heavy (non-hydrogen) atoms. The lowest BCUT2D eigenvalue weighted by Gasteiger charge is -2.32. The van der Waals surface area contributed by atoms with Crippen LogP contribution >= 0.6 is 0 Å². The van der Waals surface area contributed by atoms with Crippen molar-refractivity contribution < 1.29 is 0 Å². The number of piperidine rings is 1. The molecule has 2 rings (SSSR count). The van der Waals surface area contributed by atoms with Crippen LogP contribution in [0, 0.1) is 11.8 Å². The first-order valence-electron chi connectivity index (χ1n) is 7.98. The van der Waals surface area contributed by atoms with E-state index in [0.29, 0.717) is 0 Å². The van der Waals surface area contributed by atoms with Crippen LogP contribution in [0.5, 0.6) is 0 Å². The van der Waals surface area contributed by atoms with Gasteiger partial charge in [0.1, 0.15) is 12.2 Å². The van der Waals surface area contributed by atoms with Gasteiger partial charge in [-0.05, 0) is 51.2 Å². The zero-order chi connectivity index (χ0) is 14.4. The fourth-order valence-corrected chi connectivity index (χ4v) is 2.91. The first-order chi connectivity index (χ1) is 9.69. The van der Waals surface area contributed by atoms with Gasteiger partial charge in [0.25, 0.3) is 0 Å². The summed E-state index contributed by atoms with van der Waals surface area (Å²) in [6.07, 6.45) is 4.32. The van der Waals surface area contributed by atoms with E-state index in [2.05, 4.69) is 41.1 Å². The molecule has 1 saturated heterocycles. The van der Waals surface area contributed by atoms with Crippen LogP contribution in [0.2, 0.25) is 0 Å². The minimum absolute atomic E-state index is 0.734. The minimum Gasteiger partial charge on any atom is -0.316 e. The van der Waals surface area contributed by atoms with Crippen molar-refractivity contribution in [3.63, 3.8) is 0 Å². The van der Waals surface area contributed by atoms with Crippen LogP contribution in [0.3, 0.4) is 0 Å². The molecule has 1 aromatic rings. The Morgan fingerprint density at radius 3 is 3.05 bits per heavy atom. The zero-order valence-electron chi connectivity index (χ0n) is 13.2. The zero-order valence-corrected chi connectivity index (χ0v) is 13.2. The van der Waals surface area contributed by atoms with Crippen molar-refractivity contribution in [3.8, 4) is 0 Å². The maximum Gasteiger partial charge on any atom is 0.140 e. The SMILES string of the molecule is CCn1ncnc1CN1CCCC(CNCC(C)C)C1. The van der Waals surface area contributed by atoms with Gasteiger partial charge in [-0.1, -0.05) is 13.8 Å². The Balaban J connectivity index is 1.78. The molecule has 1 aliphatic rings.